The summed E-state index contributed by atoms with van der Waals surface area (Å²) in [5.41, 5.74) is 2.48. The molecule has 2 bridgehead atoms. The van der Waals surface area contributed by atoms with E-state index in [0.29, 0.717) is 6.42 Å². The molecule has 0 aromatic heterocycles. The van der Waals surface area contributed by atoms with Gasteiger partial charge in [-0.15, -0.1) is 0 Å². The molecule has 74 valence electrons. The third kappa shape index (κ3) is 1.25. The van der Waals surface area contributed by atoms with Gasteiger partial charge >= 0.3 is 0 Å². The summed E-state index contributed by atoms with van der Waals surface area (Å²) in [6, 6.07) is 8.19. The topological polar surface area (TPSA) is 38.7 Å². The Kier molecular flexibility index (Phi) is 1.83. The van der Waals surface area contributed by atoms with Crippen LogP contribution in [0.25, 0.3) is 0 Å². The lowest BCUT2D eigenvalue weighted by atomic mass is 9.94. The standard InChI is InChI=1S/C11H12O3/c12-10-6-9-8-4-2-1-3-7(8)5-11(13-9)14-10/h1-4,9-12H,5-6H2/t9-,10-,11+/m0/s1. The van der Waals surface area contributed by atoms with Gasteiger partial charge in [-0.3, -0.25) is 0 Å². The van der Waals surface area contributed by atoms with Gasteiger partial charge in [0.15, 0.2) is 12.6 Å². The fourth-order valence-corrected chi connectivity index (χ4v) is 2.19. The fourth-order valence-electron chi connectivity index (χ4n) is 2.19. The van der Waals surface area contributed by atoms with Gasteiger partial charge in [-0.1, -0.05) is 24.3 Å². The van der Waals surface area contributed by atoms with Crippen molar-refractivity contribution in [3.63, 3.8) is 0 Å². The molecule has 0 aliphatic carbocycles. The van der Waals surface area contributed by atoms with E-state index < -0.39 is 6.29 Å². The first kappa shape index (κ1) is 8.41. The van der Waals surface area contributed by atoms with Crippen LogP contribution in [-0.4, -0.2) is 17.7 Å². The molecule has 1 aromatic carbocycles. The van der Waals surface area contributed by atoms with E-state index in [9.17, 15) is 5.11 Å². The zero-order chi connectivity index (χ0) is 9.54. The molecule has 3 atom stereocenters. The largest absolute Gasteiger partial charge is 0.368 e. The Balaban J connectivity index is 2.01. The van der Waals surface area contributed by atoms with Crippen molar-refractivity contribution in [2.45, 2.75) is 31.5 Å². The van der Waals surface area contributed by atoms with Crippen LogP contribution in [0.3, 0.4) is 0 Å². The first-order chi connectivity index (χ1) is 6.83. The van der Waals surface area contributed by atoms with E-state index in [4.69, 9.17) is 9.47 Å². The van der Waals surface area contributed by atoms with Crippen molar-refractivity contribution >= 4 is 0 Å². The van der Waals surface area contributed by atoms with Crippen molar-refractivity contribution in [2.24, 2.45) is 0 Å². The zero-order valence-corrected chi connectivity index (χ0v) is 7.72. The molecule has 1 fully saturated rings. The molecule has 1 N–H and O–H groups in total. The van der Waals surface area contributed by atoms with Gasteiger partial charge in [0.1, 0.15) is 0 Å². The molecule has 0 unspecified atom stereocenters. The Morgan fingerprint density at radius 1 is 1.21 bits per heavy atom. The average Bonchev–Trinajstić information content (AvgIpc) is 2.17. The molecule has 3 rings (SSSR count). The number of aliphatic hydroxyl groups excluding tert-OH is 1. The highest BCUT2D eigenvalue weighted by Crippen LogP contribution is 2.37. The Morgan fingerprint density at radius 3 is 3.00 bits per heavy atom. The highest BCUT2D eigenvalue weighted by atomic mass is 16.7. The molecule has 0 saturated carbocycles. The van der Waals surface area contributed by atoms with Crippen molar-refractivity contribution in [1.82, 2.24) is 0 Å². The predicted octanol–water partition coefficient (Wildman–Crippen LogP) is 1.37. The second kappa shape index (κ2) is 3.05. The minimum atomic E-state index is -0.674. The Labute approximate surface area is 82.3 Å². The molecule has 3 heteroatoms. The molecule has 1 saturated heterocycles. The first-order valence-corrected chi connectivity index (χ1v) is 4.90. The lowest BCUT2D eigenvalue weighted by molar-refractivity contribution is -0.300. The molecule has 2 aliphatic heterocycles. The highest BCUT2D eigenvalue weighted by Gasteiger charge is 2.35. The SMILES string of the molecule is O[C@@H]1C[C@@H]2O[C@@H](Cc3ccccc32)O1. The predicted molar refractivity (Wildman–Crippen MR) is 49.5 cm³/mol. The summed E-state index contributed by atoms with van der Waals surface area (Å²) < 4.78 is 10.9. The fraction of sp³-hybridized carbons (Fsp3) is 0.455. The number of hydrogen-bond acceptors (Lipinski definition) is 3. The normalized spacial score (nSPS) is 35.1. The molecular formula is C11H12O3. The number of aliphatic hydroxyl groups is 1. The van der Waals surface area contributed by atoms with E-state index in [1.807, 2.05) is 12.1 Å². The lowest BCUT2D eigenvalue weighted by Crippen LogP contribution is -2.39. The van der Waals surface area contributed by atoms with Gasteiger partial charge < -0.3 is 14.6 Å². The van der Waals surface area contributed by atoms with Crippen LogP contribution < -0.4 is 0 Å². The Morgan fingerprint density at radius 2 is 2.07 bits per heavy atom. The maximum atomic E-state index is 9.44. The van der Waals surface area contributed by atoms with Crippen LogP contribution in [0, 0.1) is 0 Å². The van der Waals surface area contributed by atoms with E-state index in [-0.39, 0.29) is 12.4 Å². The molecule has 3 nitrogen and oxygen atoms in total. The number of rotatable bonds is 0. The van der Waals surface area contributed by atoms with Crippen LogP contribution in [0.2, 0.25) is 0 Å². The van der Waals surface area contributed by atoms with Crippen molar-refractivity contribution < 1.29 is 14.6 Å². The van der Waals surface area contributed by atoms with E-state index in [2.05, 4.69) is 12.1 Å². The third-order valence-corrected chi connectivity index (χ3v) is 2.83. The van der Waals surface area contributed by atoms with Crippen molar-refractivity contribution in [3.05, 3.63) is 35.4 Å². The Bertz CT molecular complexity index is 350. The van der Waals surface area contributed by atoms with Gasteiger partial charge in [-0.25, -0.2) is 0 Å². The lowest BCUT2D eigenvalue weighted by Gasteiger charge is -2.38. The smallest absolute Gasteiger partial charge is 0.165 e. The maximum absolute atomic E-state index is 9.44. The van der Waals surface area contributed by atoms with Crippen molar-refractivity contribution in [2.75, 3.05) is 0 Å². The van der Waals surface area contributed by atoms with Gasteiger partial charge in [-0.05, 0) is 11.1 Å². The summed E-state index contributed by atoms with van der Waals surface area (Å²) in [6.45, 7) is 0. The second-order valence-corrected chi connectivity index (χ2v) is 3.78. The van der Waals surface area contributed by atoms with Gasteiger partial charge in [0.2, 0.25) is 0 Å². The summed E-state index contributed by atoms with van der Waals surface area (Å²) in [7, 11) is 0. The number of benzene rings is 1. The molecular weight excluding hydrogens is 180 g/mol. The highest BCUT2D eigenvalue weighted by molar-refractivity contribution is 5.31. The van der Waals surface area contributed by atoms with Crippen molar-refractivity contribution in [1.29, 1.82) is 0 Å². The summed E-state index contributed by atoms with van der Waals surface area (Å²) in [5, 5.41) is 9.44. The molecule has 0 amide bonds. The van der Waals surface area contributed by atoms with Crippen LogP contribution in [0.15, 0.2) is 24.3 Å². The first-order valence-electron chi connectivity index (χ1n) is 4.90. The third-order valence-electron chi connectivity index (χ3n) is 2.83. The molecule has 2 heterocycles. The summed E-state index contributed by atoms with van der Waals surface area (Å²) in [6.07, 6.45) is 0.344. The molecule has 0 spiro atoms. The minimum Gasteiger partial charge on any atom is -0.368 e. The van der Waals surface area contributed by atoms with Crippen LogP contribution >= 0.6 is 0 Å². The van der Waals surface area contributed by atoms with Gasteiger partial charge in [0.05, 0.1) is 6.10 Å². The maximum Gasteiger partial charge on any atom is 0.165 e. The summed E-state index contributed by atoms with van der Waals surface area (Å²) >= 11 is 0. The van der Waals surface area contributed by atoms with Crippen molar-refractivity contribution in [3.8, 4) is 0 Å². The quantitative estimate of drug-likeness (QED) is 0.674. The number of fused-ring (bicyclic) bond motifs is 4. The second-order valence-electron chi connectivity index (χ2n) is 3.78. The van der Waals surface area contributed by atoms with E-state index in [1.54, 1.807) is 0 Å². The zero-order valence-electron chi connectivity index (χ0n) is 7.72. The molecule has 2 aliphatic rings. The van der Waals surface area contributed by atoms with E-state index in [1.165, 1.54) is 11.1 Å². The van der Waals surface area contributed by atoms with Crippen LogP contribution in [0.4, 0.5) is 0 Å². The molecule has 0 radical (unpaired) electrons. The van der Waals surface area contributed by atoms with Gasteiger partial charge in [0, 0.05) is 12.8 Å². The van der Waals surface area contributed by atoms with Crippen LogP contribution in [-0.2, 0) is 15.9 Å². The van der Waals surface area contributed by atoms with Gasteiger partial charge in [-0.2, -0.15) is 0 Å². The van der Waals surface area contributed by atoms with Crippen LogP contribution in [0.1, 0.15) is 23.7 Å². The molecule has 14 heavy (non-hydrogen) atoms. The van der Waals surface area contributed by atoms with Gasteiger partial charge in [0.25, 0.3) is 0 Å². The van der Waals surface area contributed by atoms with E-state index >= 15 is 0 Å². The number of ether oxygens (including phenoxy) is 2. The summed E-state index contributed by atoms with van der Waals surface area (Å²) in [5.74, 6) is 0. The minimum absolute atomic E-state index is 0.00806. The van der Waals surface area contributed by atoms with E-state index in [0.717, 1.165) is 6.42 Å². The summed E-state index contributed by atoms with van der Waals surface area (Å²) in [4.78, 5) is 0. The monoisotopic (exact) mass is 192 g/mol. The average molecular weight is 192 g/mol. The van der Waals surface area contributed by atoms with Crippen LogP contribution in [0.5, 0.6) is 0 Å². The Hall–Kier alpha value is -0.900. The molecule has 1 aromatic rings. The number of hydrogen-bond donors (Lipinski definition) is 1.